The first-order valence-electron chi connectivity index (χ1n) is 9.37. The van der Waals surface area contributed by atoms with Gasteiger partial charge in [0.1, 0.15) is 11.5 Å². The van der Waals surface area contributed by atoms with Crippen LogP contribution in [0, 0.1) is 0 Å². The van der Waals surface area contributed by atoms with E-state index in [4.69, 9.17) is 14.2 Å². The van der Waals surface area contributed by atoms with Crippen LogP contribution < -0.4 is 9.47 Å². The van der Waals surface area contributed by atoms with Crippen LogP contribution in [0.4, 0.5) is 0 Å². The number of aliphatic imine (C=N–C) groups is 1. The number of benzene rings is 3. The van der Waals surface area contributed by atoms with Crippen molar-refractivity contribution in [3.8, 4) is 11.5 Å². The second-order valence-corrected chi connectivity index (χ2v) is 8.47. The van der Waals surface area contributed by atoms with Gasteiger partial charge in [0.15, 0.2) is 5.70 Å². The summed E-state index contributed by atoms with van der Waals surface area (Å²) in [6.45, 7) is 0. The third-order valence-corrected chi connectivity index (χ3v) is 5.53. The molecule has 0 amide bonds. The highest BCUT2D eigenvalue weighted by Gasteiger charge is 2.25. The van der Waals surface area contributed by atoms with Gasteiger partial charge in [0.05, 0.1) is 12.7 Å². The minimum atomic E-state index is -0.596. The van der Waals surface area contributed by atoms with Crippen LogP contribution in [0.15, 0.2) is 86.4 Å². The highest BCUT2D eigenvalue weighted by Crippen LogP contribution is 2.29. The fourth-order valence-electron chi connectivity index (χ4n) is 2.88. The monoisotopic (exact) mass is 555 g/mol. The Hall–Kier alpha value is -3.23. The summed E-state index contributed by atoms with van der Waals surface area (Å²) in [5, 5.41) is 0. The summed E-state index contributed by atoms with van der Waals surface area (Å²) in [5.41, 5.74) is 1.62. The Balaban J connectivity index is 1.63. The van der Waals surface area contributed by atoms with Gasteiger partial charge in [0.25, 0.3) is 0 Å². The first-order valence-corrected chi connectivity index (χ1v) is 11.0. The third-order valence-electron chi connectivity index (χ3n) is 4.50. The van der Waals surface area contributed by atoms with E-state index in [0.717, 1.165) is 8.95 Å². The van der Waals surface area contributed by atoms with Crippen LogP contribution in [0.1, 0.15) is 21.5 Å². The summed E-state index contributed by atoms with van der Waals surface area (Å²) in [6.07, 6.45) is 1.52. The molecule has 1 aliphatic rings. The molecule has 0 unspecified atom stereocenters. The standard InChI is InChI=1S/C24H15Br2NO5/c1-30-19-9-4-14(5-10-19)22-27-20(24(29)32-22)13-16-12-18(26)8-11-21(16)31-23(28)15-2-6-17(25)7-3-15/h2-13H,1H3/b20-13+. The molecule has 1 heterocycles. The summed E-state index contributed by atoms with van der Waals surface area (Å²) in [7, 11) is 1.57. The lowest BCUT2D eigenvalue weighted by molar-refractivity contribution is -0.129. The third kappa shape index (κ3) is 4.98. The van der Waals surface area contributed by atoms with E-state index < -0.39 is 11.9 Å². The van der Waals surface area contributed by atoms with Crippen molar-refractivity contribution in [3.05, 3.63) is 98.1 Å². The van der Waals surface area contributed by atoms with Crippen LogP contribution in [0.2, 0.25) is 0 Å². The van der Waals surface area contributed by atoms with Gasteiger partial charge in [0.2, 0.25) is 5.90 Å². The minimum Gasteiger partial charge on any atom is -0.497 e. The molecule has 0 saturated heterocycles. The fourth-order valence-corrected chi connectivity index (χ4v) is 3.53. The zero-order chi connectivity index (χ0) is 22.7. The fraction of sp³-hybridized carbons (Fsp3) is 0.0417. The molecular formula is C24H15Br2NO5. The summed E-state index contributed by atoms with van der Waals surface area (Å²) < 4.78 is 17.6. The highest BCUT2D eigenvalue weighted by atomic mass is 79.9. The van der Waals surface area contributed by atoms with Gasteiger partial charge in [-0.2, -0.15) is 0 Å². The normalized spacial score (nSPS) is 14.2. The molecule has 8 heteroatoms. The number of hydrogen-bond donors (Lipinski definition) is 0. The van der Waals surface area contributed by atoms with Gasteiger partial charge in [-0.3, -0.25) is 0 Å². The lowest BCUT2D eigenvalue weighted by Gasteiger charge is -2.08. The smallest absolute Gasteiger partial charge is 0.363 e. The van der Waals surface area contributed by atoms with Gasteiger partial charge in [-0.1, -0.05) is 31.9 Å². The van der Waals surface area contributed by atoms with E-state index in [1.54, 1.807) is 73.8 Å². The number of methoxy groups -OCH3 is 1. The zero-order valence-electron chi connectivity index (χ0n) is 16.7. The van der Waals surface area contributed by atoms with E-state index in [1.165, 1.54) is 6.08 Å². The average molecular weight is 557 g/mol. The minimum absolute atomic E-state index is 0.0925. The molecule has 0 atom stereocenters. The number of nitrogens with zero attached hydrogens (tertiary/aromatic N) is 1. The van der Waals surface area contributed by atoms with Gasteiger partial charge in [-0.15, -0.1) is 0 Å². The molecule has 0 bridgehead atoms. The molecule has 0 spiro atoms. The topological polar surface area (TPSA) is 74.2 Å². The van der Waals surface area contributed by atoms with Gasteiger partial charge in [-0.05, 0) is 72.8 Å². The zero-order valence-corrected chi connectivity index (χ0v) is 19.8. The van der Waals surface area contributed by atoms with Crippen LogP contribution in [-0.4, -0.2) is 24.9 Å². The Morgan fingerprint density at radius 2 is 1.66 bits per heavy atom. The Morgan fingerprint density at radius 1 is 0.969 bits per heavy atom. The van der Waals surface area contributed by atoms with Crippen molar-refractivity contribution in [2.45, 2.75) is 0 Å². The molecule has 4 rings (SSSR count). The maximum absolute atomic E-state index is 12.6. The van der Waals surface area contributed by atoms with E-state index in [2.05, 4.69) is 36.9 Å². The van der Waals surface area contributed by atoms with Gasteiger partial charge >= 0.3 is 11.9 Å². The maximum Gasteiger partial charge on any atom is 0.363 e. The van der Waals surface area contributed by atoms with E-state index in [0.29, 0.717) is 22.4 Å². The average Bonchev–Trinajstić information content (AvgIpc) is 3.16. The molecule has 6 nitrogen and oxygen atoms in total. The van der Waals surface area contributed by atoms with E-state index in [9.17, 15) is 9.59 Å². The molecule has 0 aliphatic carbocycles. The summed E-state index contributed by atoms with van der Waals surface area (Å²) in [4.78, 5) is 29.3. The number of carbonyl (C=O) groups excluding carboxylic acids is 2. The Morgan fingerprint density at radius 3 is 2.34 bits per heavy atom. The Bertz CT molecular complexity index is 1250. The summed E-state index contributed by atoms with van der Waals surface area (Å²) in [5.74, 6) is 0.0412. The second-order valence-electron chi connectivity index (χ2n) is 6.64. The van der Waals surface area contributed by atoms with Crippen LogP contribution in [0.3, 0.4) is 0 Å². The number of halogens is 2. The van der Waals surface area contributed by atoms with E-state index in [1.807, 2.05) is 0 Å². The number of hydrogen-bond acceptors (Lipinski definition) is 6. The molecule has 160 valence electrons. The van der Waals surface area contributed by atoms with Crippen molar-refractivity contribution in [3.63, 3.8) is 0 Å². The number of rotatable bonds is 5. The first-order chi connectivity index (χ1) is 15.4. The number of ether oxygens (including phenoxy) is 3. The number of esters is 2. The molecule has 32 heavy (non-hydrogen) atoms. The molecular weight excluding hydrogens is 542 g/mol. The van der Waals surface area contributed by atoms with E-state index >= 15 is 0 Å². The van der Waals surface area contributed by atoms with Crippen molar-refractivity contribution in [2.75, 3.05) is 7.11 Å². The van der Waals surface area contributed by atoms with Crippen LogP contribution in [0.25, 0.3) is 6.08 Å². The number of carbonyl (C=O) groups is 2. The van der Waals surface area contributed by atoms with Crippen molar-refractivity contribution >= 4 is 55.8 Å². The van der Waals surface area contributed by atoms with Crippen molar-refractivity contribution in [2.24, 2.45) is 4.99 Å². The first kappa shape index (κ1) is 22.0. The van der Waals surface area contributed by atoms with Crippen LogP contribution >= 0.6 is 31.9 Å². The lowest BCUT2D eigenvalue weighted by Crippen LogP contribution is -2.09. The van der Waals surface area contributed by atoms with E-state index in [-0.39, 0.29) is 17.3 Å². The Labute approximate surface area is 200 Å². The predicted octanol–water partition coefficient (Wildman–Crippen LogP) is 5.78. The van der Waals surface area contributed by atoms with Crippen molar-refractivity contribution < 1.29 is 23.8 Å². The molecule has 0 radical (unpaired) electrons. The van der Waals surface area contributed by atoms with Gasteiger partial charge in [0, 0.05) is 20.1 Å². The lowest BCUT2D eigenvalue weighted by atomic mass is 10.1. The highest BCUT2D eigenvalue weighted by molar-refractivity contribution is 9.10. The second kappa shape index (κ2) is 9.50. The van der Waals surface area contributed by atoms with Crippen LogP contribution in [-0.2, 0) is 9.53 Å². The largest absolute Gasteiger partial charge is 0.497 e. The summed E-state index contributed by atoms with van der Waals surface area (Å²) in [6, 6.07) is 18.9. The van der Waals surface area contributed by atoms with Gasteiger partial charge < -0.3 is 14.2 Å². The van der Waals surface area contributed by atoms with Crippen molar-refractivity contribution in [1.29, 1.82) is 0 Å². The summed E-state index contributed by atoms with van der Waals surface area (Å²) >= 11 is 6.74. The predicted molar refractivity (Wildman–Crippen MR) is 127 cm³/mol. The van der Waals surface area contributed by atoms with Crippen LogP contribution in [0.5, 0.6) is 11.5 Å². The molecule has 3 aromatic carbocycles. The molecule has 0 aromatic heterocycles. The SMILES string of the molecule is COc1ccc(C2=N/C(=C/c3cc(Br)ccc3OC(=O)c3ccc(Br)cc3)C(=O)O2)cc1. The molecule has 0 saturated carbocycles. The maximum atomic E-state index is 12.6. The molecule has 1 aliphatic heterocycles. The van der Waals surface area contributed by atoms with Crippen molar-refractivity contribution in [1.82, 2.24) is 0 Å². The Kier molecular flexibility index (Phi) is 6.53. The number of cyclic esters (lactones) is 1. The quantitative estimate of drug-likeness (QED) is 0.226. The van der Waals surface area contributed by atoms with Gasteiger partial charge in [-0.25, -0.2) is 14.6 Å². The molecule has 3 aromatic rings. The molecule has 0 N–H and O–H groups in total. The molecule has 0 fully saturated rings.